The molecule has 1 N–H and O–H groups in total. The van der Waals surface area contributed by atoms with Gasteiger partial charge in [-0.3, -0.25) is 4.98 Å². The van der Waals surface area contributed by atoms with Crippen molar-refractivity contribution < 1.29 is 5.11 Å². The number of rotatable bonds is 3. The molecule has 16 heavy (non-hydrogen) atoms. The van der Waals surface area contributed by atoms with Crippen LogP contribution in [0.1, 0.15) is 23.7 Å². The molecule has 0 saturated heterocycles. The maximum absolute atomic E-state index is 9.35. The molecule has 0 bridgehead atoms. The molecule has 82 valence electrons. The van der Waals surface area contributed by atoms with E-state index in [1.54, 1.807) is 12.1 Å². The average molecular weight is 213 g/mol. The highest BCUT2D eigenvalue weighted by Crippen LogP contribution is 2.14. The summed E-state index contributed by atoms with van der Waals surface area (Å²) in [7, 11) is 0. The Hall–Kier alpha value is -1.83. The lowest BCUT2D eigenvalue weighted by molar-refractivity contribution is 0.474. The molecule has 2 aromatic rings. The van der Waals surface area contributed by atoms with Crippen molar-refractivity contribution in [2.45, 2.75) is 19.8 Å². The fraction of sp³-hybridized carbons (Fsp3) is 0.214. The molecule has 0 aliphatic heterocycles. The zero-order valence-electron chi connectivity index (χ0n) is 9.35. The van der Waals surface area contributed by atoms with Gasteiger partial charge in [-0.25, -0.2) is 0 Å². The molecule has 0 unspecified atom stereocenters. The van der Waals surface area contributed by atoms with Crippen molar-refractivity contribution in [3.63, 3.8) is 0 Å². The van der Waals surface area contributed by atoms with Crippen LogP contribution in [-0.2, 0) is 12.8 Å². The molecule has 0 aliphatic carbocycles. The largest absolute Gasteiger partial charge is 0.508 e. The number of pyridine rings is 1. The molecule has 1 heterocycles. The van der Waals surface area contributed by atoms with Crippen LogP contribution < -0.4 is 0 Å². The quantitative estimate of drug-likeness (QED) is 0.850. The van der Waals surface area contributed by atoms with Gasteiger partial charge in [-0.15, -0.1) is 0 Å². The first-order valence-corrected chi connectivity index (χ1v) is 5.49. The normalized spacial score (nSPS) is 10.3. The molecular formula is C14H15NO. The SMILES string of the molecule is CCc1ccc(Cc2cccc(O)c2)nc1. The number of aromatic nitrogens is 1. The molecule has 0 radical (unpaired) electrons. The highest BCUT2D eigenvalue weighted by atomic mass is 16.3. The molecule has 0 atom stereocenters. The molecular weight excluding hydrogens is 198 g/mol. The molecule has 2 heteroatoms. The first kappa shape index (κ1) is 10.7. The number of hydrogen-bond donors (Lipinski definition) is 1. The summed E-state index contributed by atoms with van der Waals surface area (Å²) in [4.78, 5) is 4.39. The molecule has 0 fully saturated rings. The van der Waals surface area contributed by atoms with E-state index < -0.39 is 0 Å². The van der Waals surface area contributed by atoms with Crippen LogP contribution in [0, 0.1) is 0 Å². The summed E-state index contributed by atoms with van der Waals surface area (Å²) in [6, 6.07) is 11.4. The average Bonchev–Trinajstić information content (AvgIpc) is 2.30. The van der Waals surface area contributed by atoms with Gasteiger partial charge in [0.2, 0.25) is 0 Å². The van der Waals surface area contributed by atoms with E-state index in [4.69, 9.17) is 0 Å². The van der Waals surface area contributed by atoms with Crippen LogP contribution in [0.4, 0.5) is 0 Å². The van der Waals surface area contributed by atoms with Crippen LogP contribution in [0.2, 0.25) is 0 Å². The molecule has 2 nitrogen and oxygen atoms in total. The maximum Gasteiger partial charge on any atom is 0.115 e. The van der Waals surface area contributed by atoms with E-state index in [2.05, 4.69) is 18.0 Å². The summed E-state index contributed by atoms with van der Waals surface area (Å²) in [5, 5.41) is 9.35. The van der Waals surface area contributed by atoms with Gasteiger partial charge in [-0.1, -0.05) is 25.1 Å². The zero-order valence-corrected chi connectivity index (χ0v) is 9.35. The molecule has 1 aromatic heterocycles. The van der Waals surface area contributed by atoms with Gasteiger partial charge in [0.15, 0.2) is 0 Å². The lowest BCUT2D eigenvalue weighted by Crippen LogP contribution is -1.93. The highest BCUT2D eigenvalue weighted by Gasteiger charge is 1.99. The van der Waals surface area contributed by atoms with Crippen LogP contribution in [0.3, 0.4) is 0 Å². The summed E-state index contributed by atoms with van der Waals surface area (Å²) in [6.45, 7) is 2.12. The van der Waals surface area contributed by atoms with Crippen LogP contribution in [0.15, 0.2) is 42.6 Å². The van der Waals surface area contributed by atoms with Crippen molar-refractivity contribution >= 4 is 0 Å². The van der Waals surface area contributed by atoms with Crippen LogP contribution >= 0.6 is 0 Å². The second-order valence-electron chi connectivity index (χ2n) is 3.86. The third kappa shape index (κ3) is 2.60. The minimum atomic E-state index is 0.308. The Labute approximate surface area is 95.6 Å². The Bertz CT molecular complexity index is 462. The lowest BCUT2D eigenvalue weighted by atomic mass is 10.1. The standard InChI is InChI=1S/C14H15NO/c1-2-11-6-7-13(15-10-11)8-12-4-3-5-14(16)9-12/h3-7,9-10,16H,2,8H2,1H3. The van der Waals surface area contributed by atoms with E-state index in [1.807, 2.05) is 24.4 Å². The summed E-state index contributed by atoms with van der Waals surface area (Å²) in [6.07, 6.45) is 3.69. The van der Waals surface area contributed by atoms with E-state index in [1.165, 1.54) is 5.56 Å². The third-order valence-corrected chi connectivity index (χ3v) is 2.59. The van der Waals surface area contributed by atoms with Crippen LogP contribution in [-0.4, -0.2) is 10.1 Å². The Morgan fingerprint density at radius 3 is 2.62 bits per heavy atom. The number of phenolic OH excluding ortho intramolecular Hbond substituents is 1. The number of benzene rings is 1. The molecule has 0 aliphatic rings. The minimum Gasteiger partial charge on any atom is -0.508 e. The van der Waals surface area contributed by atoms with E-state index >= 15 is 0 Å². The van der Waals surface area contributed by atoms with Crippen molar-refractivity contribution in [2.75, 3.05) is 0 Å². The van der Waals surface area contributed by atoms with Gasteiger partial charge >= 0.3 is 0 Å². The van der Waals surface area contributed by atoms with Gasteiger partial charge in [0.05, 0.1) is 0 Å². The summed E-state index contributed by atoms with van der Waals surface area (Å²) in [5.74, 6) is 0.308. The van der Waals surface area contributed by atoms with E-state index in [9.17, 15) is 5.11 Å². The van der Waals surface area contributed by atoms with Gasteiger partial charge in [-0.2, -0.15) is 0 Å². The molecule has 1 aromatic carbocycles. The van der Waals surface area contributed by atoms with E-state index in [0.717, 1.165) is 24.1 Å². The van der Waals surface area contributed by atoms with Crippen LogP contribution in [0.25, 0.3) is 0 Å². The highest BCUT2D eigenvalue weighted by molar-refractivity contribution is 5.30. The third-order valence-electron chi connectivity index (χ3n) is 2.59. The predicted molar refractivity (Wildman–Crippen MR) is 64.5 cm³/mol. The Balaban J connectivity index is 2.14. The Kier molecular flexibility index (Phi) is 3.20. The first-order chi connectivity index (χ1) is 7.78. The second kappa shape index (κ2) is 4.79. The fourth-order valence-electron chi connectivity index (χ4n) is 1.64. The smallest absolute Gasteiger partial charge is 0.115 e. The summed E-state index contributed by atoms with van der Waals surface area (Å²) >= 11 is 0. The van der Waals surface area contributed by atoms with Crippen molar-refractivity contribution in [2.24, 2.45) is 0 Å². The number of nitrogens with zero attached hydrogens (tertiary/aromatic N) is 1. The lowest BCUT2D eigenvalue weighted by Gasteiger charge is -2.03. The Morgan fingerprint density at radius 2 is 2.00 bits per heavy atom. The van der Waals surface area contributed by atoms with Crippen LogP contribution in [0.5, 0.6) is 5.75 Å². The Morgan fingerprint density at radius 1 is 1.12 bits per heavy atom. The molecule has 2 rings (SSSR count). The number of phenols is 1. The molecule has 0 spiro atoms. The second-order valence-corrected chi connectivity index (χ2v) is 3.86. The molecule has 0 saturated carbocycles. The van der Waals surface area contributed by atoms with Gasteiger partial charge in [0.25, 0.3) is 0 Å². The number of aryl methyl sites for hydroxylation is 1. The van der Waals surface area contributed by atoms with Gasteiger partial charge in [0, 0.05) is 18.3 Å². The maximum atomic E-state index is 9.35. The fourth-order valence-corrected chi connectivity index (χ4v) is 1.64. The van der Waals surface area contributed by atoms with Crippen molar-refractivity contribution in [1.29, 1.82) is 0 Å². The summed E-state index contributed by atoms with van der Waals surface area (Å²) < 4.78 is 0. The van der Waals surface area contributed by atoms with Gasteiger partial charge in [0.1, 0.15) is 5.75 Å². The monoisotopic (exact) mass is 213 g/mol. The van der Waals surface area contributed by atoms with Crippen molar-refractivity contribution in [1.82, 2.24) is 4.98 Å². The van der Waals surface area contributed by atoms with Crippen molar-refractivity contribution in [3.8, 4) is 5.75 Å². The topological polar surface area (TPSA) is 33.1 Å². The number of aromatic hydroxyl groups is 1. The first-order valence-electron chi connectivity index (χ1n) is 5.49. The van der Waals surface area contributed by atoms with E-state index in [0.29, 0.717) is 5.75 Å². The molecule has 0 amide bonds. The minimum absolute atomic E-state index is 0.308. The van der Waals surface area contributed by atoms with E-state index in [-0.39, 0.29) is 0 Å². The van der Waals surface area contributed by atoms with Gasteiger partial charge < -0.3 is 5.11 Å². The zero-order chi connectivity index (χ0) is 11.4. The number of hydrogen-bond acceptors (Lipinski definition) is 2. The van der Waals surface area contributed by atoms with Crippen molar-refractivity contribution in [3.05, 3.63) is 59.4 Å². The van der Waals surface area contributed by atoms with Gasteiger partial charge in [-0.05, 0) is 35.7 Å². The predicted octanol–water partition coefficient (Wildman–Crippen LogP) is 2.94. The summed E-state index contributed by atoms with van der Waals surface area (Å²) in [5.41, 5.74) is 3.36.